The zero-order valence-corrected chi connectivity index (χ0v) is 27.4. The number of ether oxygens (including phenoxy) is 2. The van der Waals surface area contributed by atoms with Crippen molar-refractivity contribution in [1.29, 1.82) is 0 Å². The van der Waals surface area contributed by atoms with Crippen molar-refractivity contribution >= 4 is 36.2 Å². The molecule has 0 aliphatic carbocycles. The molecule has 0 saturated heterocycles. The van der Waals surface area contributed by atoms with Gasteiger partial charge in [-0.05, 0) is 52.7 Å². The molecule has 0 spiro atoms. The first-order valence-electron chi connectivity index (χ1n) is 15.7. The summed E-state index contributed by atoms with van der Waals surface area (Å²) >= 11 is 4.21. The van der Waals surface area contributed by atoms with Gasteiger partial charge in [0.15, 0.2) is 11.5 Å². The van der Waals surface area contributed by atoms with Crippen molar-refractivity contribution in [2.24, 2.45) is 0 Å². The molecule has 0 atom stereocenters. The van der Waals surface area contributed by atoms with Crippen molar-refractivity contribution in [1.82, 2.24) is 4.90 Å². The van der Waals surface area contributed by atoms with E-state index in [1.54, 1.807) is 30.9 Å². The van der Waals surface area contributed by atoms with Gasteiger partial charge >= 0.3 is 11.9 Å². The Hall–Kier alpha value is -2.42. The number of thiol groups is 1. The van der Waals surface area contributed by atoms with Gasteiger partial charge in [-0.15, -0.1) is 0 Å². The summed E-state index contributed by atoms with van der Waals surface area (Å²) in [5.41, 5.74) is -0.492. The molecule has 0 aromatic carbocycles. The van der Waals surface area contributed by atoms with E-state index < -0.39 is 5.60 Å². The van der Waals surface area contributed by atoms with Crippen LogP contribution >= 0.6 is 12.6 Å². The van der Waals surface area contributed by atoms with E-state index in [-0.39, 0.29) is 55.0 Å². The van der Waals surface area contributed by atoms with Crippen LogP contribution in [0.15, 0.2) is 23.1 Å². The lowest BCUT2D eigenvalue weighted by Crippen LogP contribution is -2.32. The highest BCUT2D eigenvalue weighted by atomic mass is 32.1. The number of aliphatic hydroxyl groups excluding tert-OH is 1. The largest absolute Gasteiger partial charge is 0.505 e. The third kappa shape index (κ3) is 18.2. The van der Waals surface area contributed by atoms with E-state index in [0.717, 1.165) is 38.5 Å². The van der Waals surface area contributed by atoms with Crippen molar-refractivity contribution in [2.45, 2.75) is 142 Å². The minimum Gasteiger partial charge on any atom is -0.505 e. The summed E-state index contributed by atoms with van der Waals surface area (Å²) in [6.45, 7) is 11.3. The molecule has 9 heteroatoms. The number of unbranched alkanes of at least 4 members (excludes halogenated alkanes) is 11. The number of nitrogens with zero attached hydrogens (tertiary/aromatic N) is 1. The molecular formula is C33H55NO7S. The van der Waals surface area contributed by atoms with Crippen LogP contribution in [0.2, 0.25) is 0 Å². The number of carbonyl (C=O) groups is 3. The zero-order valence-electron chi connectivity index (χ0n) is 26.5. The summed E-state index contributed by atoms with van der Waals surface area (Å²) in [4.78, 5) is 38.5. The summed E-state index contributed by atoms with van der Waals surface area (Å²) in [5, 5.41) is 9.53. The Morgan fingerprint density at radius 2 is 1.40 bits per heavy atom. The van der Waals surface area contributed by atoms with Gasteiger partial charge in [-0.25, -0.2) is 0 Å². The predicted molar refractivity (Wildman–Crippen MR) is 170 cm³/mol. The van der Waals surface area contributed by atoms with E-state index >= 15 is 0 Å². The van der Waals surface area contributed by atoms with E-state index in [0.29, 0.717) is 24.4 Å². The first kappa shape index (κ1) is 37.6. The Labute approximate surface area is 259 Å². The molecule has 0 unspecified atom stereocenters. The fourth-order valence-corrected chi connectivity index (χ4v) is 4.57. The second-order valence-corrected chi connectivity index (χ2v) is 12.3. The number of aliphatic hydroxyl groups is 1. The number of carbonyl (C=O) groups excluding carboxylic acids is 3. The molecule has 240 valence electrons. The van der Waals surface area contributed by atoms with Crippen LogP contribution in [0.5, 0.6) is 0 Å². The van der Waals surface area contributed by atoms with Gasteiger partial charge in [-0.1, -0.05) is 70.8 Å². The monoisotopic (exact) mass is 609 g/mol. The van der Waals surface area contributed by atoms with Crippen molar-refractivity contribution in [3.63, 3.8) is 0 Å². The Morgan fingerprint density at radius 3 is 1.88 bits per heavy atom. The standard InChI is InChI=1S/C33H55NO7S/c1-26(2)39-31(37)22-23-34(24-28-20-21-29(40-28)27(3)35)30(36)18-16-14-12-10-8-6-7-9-11-13-15-17-19-32(38)41-33(4,5)25-42/h20-21,26,35,42H,3,6-19,22-25H2,1-2,4-5H3. The third-order valence-electron chi connectivity index (χ3n) is 6.89. The maximum absolute atomic E-state index is 13.0. The molecule has 0 fully saturated rings. The fourth-order valence-electron chi connectivity index (χ4n) is 4.51. The highest BCUT2D eigenvalue weighted by Crippen LogP contribution is 2.18. The molecule has 1 aromatic rings. The Bertz CT molecular complexity index is 941. The summed E-state index contributed by atoms with van der Waals surface area (Å²) in [5.74, 6) is 0.663. The van der Waals surface area contributed by atoms with Gasteiger partial charge in [0.2, 0.25) is 5.91 Å². The molecule has 42 heavy (non-hydrogen) atoms. The normalized spacial score (nSPS) is 11.5. The van der Waals surface area contributed by atoms with Gasteiger partial charge in [0.25, 0.3) is 0 Å². The smallest absolute Gasteiger partial charge is 0.307 e. The molecule has 0 bridgehead atoms. The summed E-state index contributed by atoms with van der Waals surface area (Å²) in [7, 11) is 0. The highest BCUT2D eigenvalue weighted by Gasteiger charge is 2.20. The molecule has 8 nitrogen and oxygen atoms in total. The second-order valence-electron chi connectivity index (χ2n) is 12.0. The van der Waals surface area contributed by atoms with Gasteiger partial charge in [-0.3, -0.25) is 14.4 Å². The Balaban J connectivity index is 2.17. The molecule has 1 aromatic heterocycles. The first-order chi connectivity index (χ1) is 19.9. The molecule has 0 aliphatic rings. The van der Waals surface area contributed by atoms with Crippen molar-refractivity contribution in [3.05, 3.63) is 30.2 Å². The van der Waals surface area contributed by atoms with E-state index in [1.807, 2.05) is 13.8 Å². The average molecular weight is 610 g/mol. The molecule has 1 N–H and O–H groups in total. The second kappa shape index (κ2) is 21.3. The highest BCUT2D eigenvalue weighted by molar-refractivity contribution is 7.80. The number of hydrogen-bond acceptors (Lipinski definition) is 8. The summed E-state index contributed by atoms with van der Waals surface area (Å²) in [6.07, 6.45) is 14.1. The van der Waals surface area contributed by atoms with Crippen LogP contribution in [-0.4, -0.2) is 51.9 Å². The van der Waals surface area contributed by atoms with Crippen LogP contribution in [0, 0.1) is 0 Å². The number of rotatable bonds is 24. The summed E-state index contributed by atoms with van der Waals surface area (Å²) < 4.78 is 16.2. The number of esters is 2. The van der Waals surface area contributed by atoms with E-state index in [9.17, 15) is 19.5 Å². The van der Waals surface area contributed by atoms with Crippen molar-refractivity contribution in [3.8, 4) is 0 Å². The molecule has 1 rings (SSSR count). The lowest BCUT2D eigenvalue weighted by Gasteiger charge is -2.22. The summed E-state index contributed by atoms with van der Waals surface area (Å²) in [6, 6.07) is 3.32. The first-order valence-corrected chi connectivity index (χ1v) is 16.3. The van der Waals surface area contributed by atoms with Crippen LogP contribution in [-0.2, 0) is 30.4 Å². The molecule has 1 heterocycles. The predicted octanol–water partition coefficient (Wildman–Crippen LogP) is 8.19. The van der Waals surface area contributed by atoms with Gasteiger partial charge in [0, 0.05) is 25.1 Å². The van der Waals surface area contributed by atoms with Crippen LogP contribution in [0.1, 0.15) is 136 Å². The maximum atomic E-state index is 13.0. The van der Waals surface area contributed by atoms with Gasteiger partial charge in [0.05, 0.1) is 19.1 Å². The van der Waals surface area contributed by atoms with Crippen LogP contribution < -0.4 is 0 Å². The lowest BCUT2D eigenvalue weighted by atomic mass is 10.0. The van der Waals surface area contributed by atoms with Crippen LogP contribution in [0.4, 0.5) is 0 Å². The number of hydrogen-bond donors (Lipinski definition) is 2. The minimum atomic E-state index is -0.492. The van der Waals surface area contributed by atoms with Crippen LogP contribution in [0.3, 0.4) is 0 Å². The molecule has 0 saturated carbocycles. The lowest BCUT2D eigenvalue weighted by molar-refractivity contribution is -0.154. The zero-order chi connectivity index (χ0) is 31.4. The molecule has 0 aliphatic heterocycles. The average Bonchev–Trinajstić information content (AvgIpc) is 3.39. The van der Waals surface area contributed by atoms with Crippen LogP contribution in [0.25, 0.3) is 5.76 Å². The Morgan fingerprint density at radius 1 is 0.881 bits per heavy atom. The van der Waals surface area contributed by atoms with E-state index in [2.05, 4.69) is 19.2 Å². The minimum absolute atomic E-state index is 0.0217. The quantitative estimate of drug-likeness (QED) is 0.0527. The van der Waals surface area contributed by atoms with Crippen molar-refractivity contribution < 1.29 is 33.4 Å². The van der Waals surface area contributed by atoms with Gasteiger partial charge < -0.3 is 23.9 Å². The number of furan rings is 1. The number of amides is 1. The van der Waals surface area contributed by atoms with Gasteiger partial charge in [-0.2, -0.15) is 12.6 Å². The van der Waals surface area contributed by atoms with Crippen molar-refractivity contribution in [2.75, 3.05) is 12.3 Å². The van der Waals surface area contributed by atoms with E-state index in [4.69, 9.17) is 13.9 Å². The maximum Gasteiger partial charge on any atom is 0.307 e. The molecular weight excluding hydrogens is 554 g/mol. The van der Waals surface area contributed by atoms with Gasteiger partial charge in [0.1, 0.15) is 11.4 Å². The molecule has 0 radical (unpaired) electrons. The third-order valence-corrected chi connectivity index (χ3v) is 7.65. The fraction of sp³-hybridized carbons (Fsp3) is 0.727. The van der Waals surface area contributed by atoms with E-state index in [1.165, 1.54) is 38.5 Å². The Kier molecular flexibility index (Phi) is 19.1. The molecule has 1 amide bonds. The SMILES string of the molecule is C=C(O)c1ccc(CN(CCC(=O)OC(C)C)C(=O)CCCCCCCCCCCCCCC(=O)OC(C)(C)CS)o1. The topological polar surface area (TPSA) is 106 Å².